The standard InChI is InChI=1S/C11H21N3O2/c1-2-9(12)11(16)14(7-10(13)15)8-5-3-4-6-8/h8-9H,2-7,12H2,1H3,(H2,13,15). The quantitative estimate of drug-likeness (QED) is 0.691. The first-order valence-electron chi connectivity index (χ1n) is 5.90. The van der Waals surface area contributed by atoms with Crippen molar-refractivity contribution in [1.82, 2.24) is 4.90 Å². The molecule has 0 spiro atoms. The lowest BCUT2D eigenvalue weighted by Gasteiger charge is -2.29. The van der Waals surface area contributed by atoms with Crippen molar-refractivity contribution in [2.75, 3.05) is 6.54 Å². The summed E-state index contributed by atoms with van der Waals surface area (Å²) in [7, 11) is 0. The Kier molecular flexibility index (Phi) is 4.73. The van der Waals surface area contributed by atoms with E-state index < -0.39 is 11.9 Å². The van der Waals surface area contributed by atoms with Crippen molar-refractivity contribution in [3.05, 3.63) is 0 Å². The summed E-state index contributed by atoms with van der Waals surface area (Å²) in [6.07, 6.45) is 4.70. The molecule has 4 N–H and O–H groups in total. The highest BCUT2D eigenvalue weighted by molar-refractivity contribution is 5.87. The van der Waals surface area contributed by atoms with Crippen LogP contribution >= 0.6 is 0 Å². The van der Waals surface area contributed by atoms with Crippen LogP contribution in [0.4, 0.5) is 0 Å². The smallest absolute Gasteiger partial charge is 0.240 e. The topological polar surface area (TPSA) is 89.4 Å². The first kappa shape index (κ1) is 13.0. The van der Waals surface area contributed by atoms with Gasteiger partial charge in [-0.15, -0.1) is 0 Å². The molecule has 0 bridgehead atoms. The summed E-state index contributed by atoms with van der Waals surface area (Å²) in [5.41, 5.74) is 10.9. The molecule has 0 heterocycles. The van der Waals surface area contributed by atoms with Gasteiger partial charge in [0.05, 0.1) is 12.6 Å². The van der Waals surface area contributed by atoms with Crippen molar-refractivity contribution in [3.8, 4) is 0 Å². The molecule has 1 aliphatic rings. The molecule has 0 aromatic rings. The fourth-order valence-corrected chi connectivity index (χ4v) is 2.16. The van der Waals surface area contributed by atoms with Crippen LogP contribution in [0.2, 0.25) is 0 Å². The lowest BCUT2D eigenvalue weighted by atomic mass is 10.1. The van der Waals surface area contributed by atoms with Gasteiger partial charge in [0.15, 0.2) is 0 Å². The minimum absolute atomic E-state index is 0.00278. The van der Waals surface area contributed by atoms with Crippen LogP contribution in [0.5, 0.6) is 0 Å². The number of rotatable bonds is 5. The van der Waals surface area contributed by atoms with E-state index >= 15 is 0 Å². The fourth-order valence-electron chi connectivity index (χ4n) is 2.16. The molecule has 16 heavy (non-hydrogen) atoms. The predicted octanol–water partition coefficient (Wildman–Crippen LogP) is -0.0198. The Bertz CT molecular complexity index is 262. The molecule has 0 saturated heterocycles. The van der Waals surface area contributed by atoms with Gasteiger partial charge in [-0.3, -0.25) is 9.59 Å². The summed E-state index contributed by atoms with van der Waals surface area (Å²) in [6.45, 7) is 1.86. The molecule has 0 aromatic heterocycles. The number of amides is 2. The molecule has 1 aliphatic carbocycles. The summed E-state index contributed by atoms with van der Waals surface area (Å²) < 4.78 is 0. The Morgan fingerprint density at radius 1 is 1.38 bits per heavy atom. The number of hydrogen-bond donors (Lipinski definition) is 2. The molecule has 0 radical (unpaired) electrons. The zero-order valence-electron chi connectivity index (χ0n) is 9.82. The Hall–Kier alpha value is -1.10. The van der Waals surface area contributed by atoms with Crippen molar-refractivity contribution < 1.29 is 9.59 Å². The first-order valence-corrected chi connectivity index (χ1v) is 5.90. The van der Waals surface area contributed by atoms with Crippen LogP contribution in [0.1, 0.15) is 39.0 Å². The highest BCUT2D eigenvalue weighted by Crippen LogP contribution is 2.23. The van der Waals surface area contributed by atoms with E-state index in [1.807, 2.05) is 6.92 Å². The SMILES string of the molecule is CCC(N)C(=O)N(CC(N)=O)C1CCCC1. The highest BCUT2D eigenvalue weighted by Gasteiger charge is 2.29. The average Bonchev–Trinajstić information content (AvgIpc) is 2.76. The van der Waals surface area contributed by atoms with Crippen LogP contribution in [-0.4, -0.2) is 35.3 Å². The summed E-state index contributed by atoms with van der Waals surface area (Å²) >= 11 is 0. The van der Waals surface area contributed by atoms with Crippen LogP contribution in [-0.2, 0) is 9.59 Å². The Labute approximate surface area is 96.1 Å². The largest absolute Gasteiger partial charge is 0.368 e. The second kappa shape index (κ2) is 5.84. The van der Waals surface area contributed by atoms with Gasteiger partial charge in [0.2, 0.25) is 11.8 Å². The van der Waals surface area contributed by atoms with Crippen LogP contribution in [0.3, 0.4) is 0 Å². The Morgan fingerprint density at radius 2 is 1.94 bits per heavy atom. The van der Waals surface area contributed by atoms with Gasteiger partial charge < -0.3 is 16.4 Å². The van der Waals surface area contributed by atoms with Crippen LogP contribution in [0.15, 0.2) is 0 Å². The molecule has 0 aromatic carbocycles. The summed E-state index contributed by atoms with van der Waals surface area (Å²) in [4.78, 5) is 24.5. The van der Waals surface area contributed by atoms with Crippen molar-refractivity contribution >= 4 is 11.8 Å². The van der Waals surface area contributed by atoms with Gasteiger partial charge in [0.1, 0.15) is 0 Å². The number of carbonyl (C=O) groups excluding carboxylic acids is 2. The van der Waals surface area contributed by atoms with Gasteiger partial charge in [0.25, 0.3) is 0 Å². The highest BCUT2D eigenvalue weighted by atomic mass is 16.2. The molecular formula is C11H21N3O2. The molecule has 1 atom stereocenters. The molecule has 92 valence electrons. The number of carbonyl (C=O) groups is 2. The first-order chi connectivity index (χ1) is 7.56. The summed E-state index contributed by atoms with van der Waals surface area (Å²) in [5.74, 6) is -0.614. The van der Waals surface area contributed by atoms with E-state index in [1.165, 1.54) is 0 Å². The van der Waals surface area contributed by atoms with E-state index in [0.717, 1.165) is 25.7 Å². The Morgan fingerprint density at radius 3 is 2.38 bits per heavy atom. The van der Waals surface area contributed by atoms with Gasteiger partial charge in [-0.05, 0) is 19.3 Å². The molecule has 1 rings (SSSR count). The summed E-state index contributed by atoms with van der Waals surface area (Å²) in [5, 5.41) is 0. The third-order valence-corrected chi connectivity index (χ3v) is 3.13. The monoisotopic (exact) mass is 227 g/mol. The molecule has 1 saturated carbocycles. The third kappa shape index (κ3) is 3.20. The third-order valence-electron chi connectivity index (χ3n) is 3.13. The van der Waals surface area contributed by atoms with Crippen LogP contribution in [0, 0.1) is 0 Å². The zero-order chi connectivity index (χ0) is 12.1. The van der Waals surface area contributed by atoms with Gasteiger partial charge in [-0.2, -0.15) is 0 Å². The normalized spacial score (nSPS) is 18.4. The second-order valence-electron chi connectivity index (χ2n) is 4.39. The van der Waals surface area contributed by atoms with E-state index in [2.05, 4.69) is 0 Å². The predicted molar refractivity (Wildman–Crippen MR) is 61.4 cm³/mol. The van der Waals surface area contributed by atoms with Crippen LogP contribution < -0.4 is 11.5 Å². The van der Waals surface area contributed by atoms with Crippen molar-refractivity contribution in [2.45, 2.75) is 51.1 Å². The average molecular weight is 227 g/mol. The van der Waals surface area contributed by atoms with E-state index in [0.29, 0.717) is 6.42 Å². The van der Waals surface area contributed by atoms with E-state index in [9.17, 15) is 9.59 Å². The molecule has 5 nitrogen and oxygen atoms in total. The maximum atomic E-state index is 12.0. The molecule has 2 amide bonds. The number of hydrogen-bond acceptors (Lipinski definition) is 3. The van der Waals surface area contributed by atoms with Crippen molar-refractivity contribution in [1.29, 1.82) is 0 Å². The van der Waals surface area contributed by atoms with E-state index in [4.69, 9.17) is 11.5 Å². The second-order valence-corrected chi connectivity index (χ2v) is 4.39. The zero-order valence-corrected chi connectivity index (χ0v) is 9.82. The van der Waals surface area contributed by atoms with Gasteiger partial charge >= 0.3 is 0 Å². The molecule has 0 aliphatic heterocycles. The van der Waals surface area contributed by atoms with Gasteiger partial charge in [-0.1, -0.05) is 19.8 Å². The Balaban J connectivity index is 2.69. The molecular weight excluding hydrogens is 206 g/mol. The van der Waals surface area contributed by atoms with Crippen LogP contribution in [0.25, 0.3) is 0 Å². The van der Waals surface area contributed by atoms with Crippen molar-refractivity contribution in [2.24, 2.45) is 11.5 Å². The lowest BCUT2D eigenvalue weighted by Crippen LogP contribution is -2.50. The summed E-state index contributed by atoms with van der Waals surface area (Å²) in [6, 6.07) is -0.363. The van der Waals surface area contributed by atoms with Gasteiger partial charge in [0, 0.05) is 6.04 Å². The maximum Gasteiger partial charge on any atom is 0.240 e. The molecule has 1 fully saturated rings. The number of nitrogens with two attached hydrogens (primary N) is 2. The van der Waals surface area contributed by atoms with Gasteiger partial charge in [-0.25, -0.2) is 0 Å². The lowest BCUT2D eigenvalue weighted by molar-refractivity contribution is -0.138. The fraction of sp³-hybridized carbons (Fsp3) is 0.818. The van der Waals surface area contributed by atoms with E-state index in [-0.39, 0.29) is 18.5 Å². The minimum atomic E-state index is -0.514. The number of nitrogens with zero attached hydrogens (tertiary/aromatic N) is 1. The van der Waals surface area contributed by atoms with E-state index in [1.54, 1.807) is 4.90 Å². The van der Waals surface area contributed by atoms with Crippen molar-refractivity contribution in [3.63, 3.8) is 0 Å². The minimum Gasteiger partial charge on any atom is -0.368 e. The molecule has 1 unspecified atom stereocenters. The number of primary amides is 1. The molecule has 5 heteroatoms. The maximum absolute atomic E-state index is 12.0.